The molecule has 3 aliphatic heterocycles. The lowest BCUT2D eigenvalue weighted by molar-refractivity contribution is -0.159. The minimum absolute atomic E-state index is 0.0904. The van der Waals surface area contributed by atoms with Crippen molar-refractivity contribution >= 4 is 11.8 Å². The number of ether oxygens (including phenoxy) is 3. The van der Waals surface area contributed by atoms with Crippen LogP contribution in [0.15, 0.2) is 18.2 Å². The molecule has 1 aromatic rings. The van der Waals surface area contributed by atoms with E-state index in [0.29, 0.717) is 45.5 Å². The normalized spacial score (nSPS) is 28.8. The van der Waals surface area contributed by atoms with E-state index in [4.69, 9.17) is 14.2 Å². The maximum Gasteiger partial charge on any atom is 0.251 e. The summed E-state index contributed by atoms with van der Waals surface area (Å²) in [7, 11) is 0. The van der Waals surface area contributed by atoms with Crippen molar-refractivity contribution in [1.29, 1.82) is 0 Å². The van der Waals surface area contributed by atoms with Crippen LogP contribution in [-0.4, -0.2) is 67.3 Å². The summed E-state index contributed by atoms with van der Waals surface area (Å²) in [5.41, 5.74) is 1.28. The summed E-state index contributed by atoms with van der Waals surface area (Å²) in [4.78, 5) is 29.1. The van der Waals surface area contributed by atoms with Crippen LogP contribution in [0, 0.1) is 5.92 Å². The monoisotopic (exact) mass is 400 g/mol. The molecule has 1 atom stereocenters. The number of piperazine rings is 1. The topological polar surface area (TPSA) is 68.3 Å². The number of nitrogens with zero attached hydrogens (tertiary/aromatic N) is 2. The number of hydrogen-bond acceptors (Lipinski definition) is 5. The SMILES string of the molecule is O=C(C1CCC(c2ccc3c(c2)OCO3)CC1)N1CCN(C(=O)C2CCO2)CC1. The van der Waals surface area contributed by atoms with Gasteiger partial charge in [0.2, 0.25) is 12.7 Å². The minimum atomic E-state index is -0.247. The first-order valence-electron chi connectivity index (χ1n) is 10.8. The maximum absolute atomic E-state index is 13.0. The lowest BCUT2D eigenvalue weighted by Gasteiger charge is -2.40. The average molecular weight is 400 g/mol. The summed E-state index contributed by atoms with van der Waals surface area (Å²) in [5, 5.41) is 0. The molecule has 0 spiro atoms. The second-order valence-corrected chi connectivity index (χ2v) is 8.46. The van der Waals surface area contributed by atoms with Crippen molar-refractivity contribution in [3.05, 3.63) is 23.8 Å². The maximum atomic E-state index is 13.0. The van der Waals surface area contributed by atoms with Crippen molar-refractivity contribution in [1.82, 2.24) is 9.80 Å². The summed E-state index contributed by atoms with van der Waals surface area (Å²) in [6.07, 6.45) is 4.47. The predicted octanol–water partition coefficient (Wildman–Crippen LogP) is 2.15. The van der Waals surface area contributed by atoms with E-state index in [1.807, 2.05) is 15.9 Å². The summed E-state index contributed by atoms with van der Waals surface area (Å²) in [5.74, 6) is 2.59. The molecule has 3 heterocycles. The van der Waals surface area contributed by atoms with Gasteiger partial charge in [0.1, 0.15) is 6.10 Å². The summed E-state index contributed by atoms with van der Waals surface area (Å²) >= 11 is 0. The number of benzene rings is 1. The van der Waals surface area contributed by atoms with Crippen molar-refractivity contribution in [2.24, 2.45) is 5.92 Å². The first-order chi connectivity index (χ1) is 14.2. The van der Waals surface area contributed by atoms with Crippen molar-refractivity contribution in [3.8, 4) is 11.5 Å². The van der Waals surface area contributed by atoms with Gasteiger partial charge in [-0.1, -0.05) is 6.07 Å². The number of hydrogen-bond donors (Lipinski definition) is 0. The minimum Gasteiger partial charge on any atom is -0.454 e. The van der Waals surface area contributed by atoms with Crippen LogP contribution in [0.3, 0.4) is 0 Å². The van der Waals surface area contributed by atoms with E-state index in [-0.39, 0.29) is 23.8 Å². The highest BCUT2D eigenvalue weighted by Crippen LogP contribution is 2.40. The van der Waals surface area contributed by atoms with E-state index in [1.54, 1.807) is 0 Å². The molecule has 0 N–H and O–H groups in total. The molecule has 4 aliphatic rings. The fourth-order valence-electron chi connectivity index (χ4n) is 4.88. The first kappa shape index (κ1) is 18.7. The Bertz CT molecular complexity index is 777. The third kappa shape index (κ3) is 3.68. The molecule has 7 nitrogen and oxygen atoms in total. The third-order valence-electron chi connectivity index (χ3n) is 6.82. The van der Waals surface area contributed by atoms with E-state index < -0.39 is 0 Å². The smallest absolute Gasteiger partial charge is 0.251 e. The molecule has 1 aliphatic carbocycles. The van der Waals surface area contributed by atoms with E-state index in [9.17, 15) is 9.59 Å². The zero-order chi connectivity index (χ0) is 19.8. The van der Waals surface area contributed by atoms with Gasteiger partial charge in [0.05, 0.1) is 6.61 Å². The molecule has 0 radical (unpaired) electrons. The molecule has 3 fully saturated rings. The molecule has 7 heteroatoms. The first-order valence-corrected chi connectivity index (χ1v) is 10.8. The predicted molar refractivity (Wildman–Crippen MR) is 105 cm³/mol. The Kier molecular flexibility index (Phi) is 5.08. The second kappa shape index (κ2) is 7.86. The van der Waals surface area contributed by atoms with Crippen molar-refractivity contribution < 1.29 is 23.8 Å². The van der Waals surface area contributed by atoms with Gasteiger partial charge in [-0.2, -0.15) is 0 Å². The van der Waals surface area contributed by atoms with E-state index >= 15 is 0 Å². The molecular weight excluding hydrogens is 372 g/mol. The number of carbonyl (C=O) groups is 2. The molecule has 5 rings (SSSR count). The van der Waals surface area contributed by atoms with Gasteiger partial charge in [-0.05, 0) is 49.3 Å². The second-order valence-electron chi connectivity index (χ2n) is 8.46. The summed E-state index contributed by atoms with van der Waals surface area (Å²) in [6, 6.07) is 6.21. The fourth-order valence-corrected chi connectivity index (χ4v) is 4.88. The van der Waals surface area contributed by atoms with Crippen LogP contribution in [0.4, 0.5) is 0 Å². The van der Waals surface area contributed by atoms with Crippen LogP contribution >= 0.6 is 0 Å². The fraction of sp³-hybridized carbons (Fsp3) is 0.636. The van der Waals surface area contributed by atoms with Crippen LogP contribution in [-0.2, 0) is 14.3 Å². The van der Waals surface area contributed by atoms with E-state index in [0.717, 1.165) is 43.6 Å². The largest absolute Gasteiger partial charge is 0.454 e. The Morgan fingerprint density at radius 3 is 2.14 bits per heavy atom. The Morgan fingerprint density at radius 2 is 1.48 bits per heavy atom. The molecular formula is C22H28N2O5. The van der Waals surface area contributed by atoms with Gasteiger partial charge in [0.25, 0.3) is 5.91 Å². The van der Waals surface area contributed by atoms with Gasteiger partial charge in [0.15, 0.2) is 11.5 Å². The quantitative estimate of drug-likeness (QED) is 0.778. The number of amides is 2. The molecule has 2 amide bonds. The third-order valence-corrected chi connectivity index (χ3v) is 6.82. The average Bonchev–Trinajstić information content (AvgIpc) is 3.20. The molecule has 1 saturated carbocycles. The highest BCUT2D eigenvalue weighted by Gasteiger charge is 2.35. The number of rotatable bonds is 3. The van der Waals surface area contributed by atoms with Gasteiger partial charge in [0, 0.05) is 38.5 Å². The van der Waals surface area contributed by atoms with Crippen molar-refractivity contribution in [3.63, 3.8) is 0 Å². The van der Waals surface area contributed by atoms with Gasteiger partial charge in [-0.25, -0.2) is 0 Å². The van der Waals surface area contributed by atoms with Crippen LogP contribution in [0.5, 0.6) is 11.5 Å². The molecule has 0 bridgehead atoms. The molecule has 1 aromatic carbocycles. The van der Waals surface area contributed by atoms with Crippen molar-refractivity contribution in [2.75, 3.05) is 39.6 Å². The van der Waals surface area contributed by atoms with Crippen LogP contribution in [0.25, 0.3) is 0 Å². The Labute approximate surface area is 170 Å². The van der Waals surface area contributed by atoms with Crippen molar-refractivity contribution in [2.45, 2.75) is 44.1 Å². The highest BCUT2D eigenvalue weighted by molar-refractivity contribution is 5.82. The highest BCUT2D eigenvalue weighted by atomic mass is 16.7. The van der Waals surface area contributed by atoms with Gasteiger partial charge >= 0.3 is 0 Å². The number of carbonyl (C=O) groups excluding carboxylic acids is 2. The zero-order valence-electron chi connectivity index (χ0n) is 16.7. The van der Waals surface area contributed by atoms with Gasteiger partial charge in [-0.15, -0.1) is 0 Å². The molecule has 1 unspecified atom stereocenters. The van der Waals surface area contributed by atoms with Crippen LogP contribution < -0.4 is 9.47 Å². The Hall–Kier alpha value is -2.28. The van der Waals surface area contributed by atoms with E-state index in [2.05, 4.69) is 12.1 Å². The molecule has 29 heavy (non-hydrogen) atoms. The Morgan fingerprint density at radius 1 is 0.828 bits per heavy atom. The van der Waals surface area contributed by atoms with Crippen LogP contribution in [0.2, 0.25) is 0 Å². The lowest BCUT2D eigenvalue weighted by Crippen LogP contribution is -2.55. The molecule has 2 saturated heterocycles. The van der Waals surface area contributed by atoms with Crippen LogP contribution in [0.1, 0.15) is 43.6 Å². The zero-order valence-corrected chi connectivity index (χ0v) is 16.7. The summed E-state index contributed by atoms with van der Waals surface area (Å²) < 4.78 is 16.2. The number of fused-ring (bicyclic) bond motifs is 1. The van der Waals surface area contributed by atoms with E-state index in [1.165, 1.54) is 5.56 Å². The summed E-state index contributed by atoms with van der Waals surface area (Å²) in [6.45, 7) is 3.50. The molecule has 156 valence electrons. The molecule has 0 aromatic heterocycles. The van der Waals surface area contributed by atoms with Gasteiger partial charge in [-0.3, -0.25) is 9.59 Å². The standard InChI is InChI=1S/C22H28N2O5/c25-21(23-8-10-24(11-9-23)22(26)19-7-12-27-19)16-3-1-15(2-4-16)17-5-6-18-20(13-17)29-14-28-18/h5-6,13,15-16,19H,1-4,7-12,14H2. The lowest BCUT2D eigenvalue weighted by atomic mass is 9.78. The Balaban J connectivity index is 1.11. The van der Waals surface area contributed by atoms with Gasteiger partial charge < -0.3 is 24.0 Å².